The van der Waals surface area contributed by atoms with Gasteiger partial charge in [0, 0.05) is 18.0 Å². The highest BCUT2D eigenvalue weighted by Crippen LogP contribution is 2.11. The van der Waals surface area contributed by atoms with Gasteiger partial charge < -0.3 is 0 Å². The largest absolute Gasteiger partial charge is 0.258 e. The Morgan fingerprint density at radius 1 is 1.67 bits per heavy atom. The van der Waals surface area contributed by atoms with Crippen molar-refractivity contribution in [3.8, 4) is 0 Å². The Hall–Kier alpha value is -0.630. The van der Waals surface area contributed by atoms with Gasteiger partial charge in [-0.3, -0.25) is 4.98 Å². The van der Waals surface area contributed by atoms with Crippen molar-refractivity contribution in [2.24, 2.45) is 0 Å². The molecule has 1 heterocycles. The fraction of sp³-hybridized carbons (Fsp3) is 0.444. The van der Waals surface area contributed by atoms with Gasteiger partial charge in [-0.15, -0.1) is 11.6 Å². The van der Waals surface area contributed by atoms with Crippen molar-refractivity contribution in [2.45, 2.75) is 25.1 Å². The fourth-order valence-corrected chi connectivity index (χ4v) is 1.07. The van der Waals surface area contributed by atoms with Crippen molar-refractivity contribution in [1.82, 2.24) is 4.98 Å². The molecule has 0 aromatic carbocycles. The van der Waals surface area contributed by atoms with Gasteiger partial charge in [-0.25, -0.2) is 4.39 Å². The second-order valence-electron chi connectivity index (χ2n) is 2.64. The maximum absolute atomic E-state index is 13.0. The standard InChI is InChI=1S/C9H11ClFN/c1-2-7(10)6-9-8(11)4-3-5-12-9/h3-5,7H,2,6H2,1H3. The molecular weight excluding hydrogens is 177 g/mol. The average molecular weight is 188 g/mol. The molecule has 0 amide bonds. The summed E-state index contributed by atoms with van der Waals surface area (Å²) in [7, 11) is 0. The van der Waals surface area contributed by atoms with Crippen LogP contribution in [0.2, 0.25) is 0 Å². The Morgan fingerprint density at radius 3 is 3.00 bits per heavy atom. The number of nitrogens with zero attached hydrogens (tertiary/aromatic N) is 1. The van der Waals surface area contributed by atoms with Crippen molar-refractivity contribution in [1.29, 1.82) is 0 Å². The topological polar surface area (TPSA) is 12.9 Å². The molecule has 0 saturated heterocycles. The highest BCUT2D eigenvalue weighted by atomic mass is 35.5. The first kappa shape index (κ1) is 9.46. The zero-order chi connectivity index (χ0) is 8.97. The number of halogens is 2. The summed E-state index contributed by atoms with van der Waals surface area (Å²) < 4.78 is 13.0. The number of hydrogen-bond donors (Lipinski definition) is 0. The summed E-state index contributed by atoms with van der Waals surface area (Å²) in [5, 5.41) is -0.0191. The molecule has 1 unspecified atom stereocenters. The van der Waals surface area contributed by atoms with Crippen LogP contribution in [0.5, 0.6) is 0 Å². The van der Waals surface area contributed by atoms with Crippen LogP contribution in [-0.4, -0.2) is 10.4 Å². The third-order valence-electron chi connectivity index (χ3n) is 1.69. The summed E-state index contributed by atoms with van der Waals surface area (Å²) in [6, 6.07) is 2.98. The first-order chi connectivity index (χ1) is 5.74. The average Bonchev–Trinajstić information content (AvgIpc) is 2.09. The van der Waals surface area contributed by atoms with Gasteiger partial charge in [0.25, 0.3) is 0 Å². The van der Waals surface area contributed by atoms with E-state index < -0.39 is 0 Å². The SMILES string of the molecule is CCC(Cl)Cc1ncccc1F. The predicted molar refractivity (Wildman–Crippen MR) is 47.8 cm³/mol. The smallest absolute Gasteiger partial charge is 0.144 e. The van der Waals surface area contributed by atoms with Crippen LogP contribution < -0.4 is 0 Å². The van der Waals surface area contributed by atoms with Gasteiger partial charge in [-0.2, -0.15) is 0 Å². The van der Waals surface area contributed by atoms with Crippen LogP contribution in [0.3, 0.4) is 0 Å². The number of aromatic nitrogens is 1. The van der Waals surface area contributed by atoms with Crippen LogP contribution in [0.15, 0.2) is 18.3 Å². The van der Waals surface area contributed by atoms with E-state index in [9.17, 15) is 4.39 Å². The monoisotopic (exact) mass is 187 g/mol. The summed E-state index contributed by atoms with van der Waals surface area (Å²) in [6.45, 7) is 1.97. The van der Waals surface area contributed by atoms with Crippen LogP contribution in [0.25, 0.3) is 0 Å². The van der Waals surface area contributed by atoms with Crippen molar-refractivity contribution in [2.75, 3.05) is 0 Å². The van der Waals surface area contributed by atoms with Gasteiger partial charge in [0.2, 0.25) is 0 Å². The number of alkyl halides is 1. The molecule has 0 radical (unpaired) electrons. The fourth-order valence-electron chi connectivity index (χ4n) is 0.923. The van der Waals surface area contributed by atoms with E-state index in [4.69, 9.17) is 11.6 Å². The van der Waals surface area contributed by atoms with Crippen LogP contribution in [-0.2, 0) is 6.42 Å². The van der Waals surface area contributed by atoms with Crippen molar-refractivity contribution in [3.63, 3.8) is 0 Å². The molecule has 0 aliphatic carbocycles. The molecule has 3 heteroatoms. The van der Waals surface area contributed by atoms with E-state index in [1.54, 1.807) is 12.3 Å². The summed E-state index contributed by atoms with van der Waals surface area (Å²) in [6.07, 6.45) is 2.92. The van der Waals surface area contributed by atoms with Crippen molar-refractivity contribution >= 4 is 11.6 Å². The lowest BCUT2D eigenvalue weighted by atomic mass is 10.2. The molecule has 1 aromatic heterocycles. The van der Waals surface area contributed by atoms with E-state index in [0.29, 0.717) is 12.1 Å². The summed E-state index contributed by atoms with van der Waals surface area (Å²) in [4.78, 5) is 3.91. The Morgan fingerprint density at radius 2 is 2.42 bits per heavy atom. The highest BCUT2D eigenvalue weighted by Gasteiger charge is 2.07. The molecule has 1 rings (SSSR count). The minimum Gasteiger partial charge on any atom is -0.258 e. The zero-order valence-corrected chi connectivity index (χ0v) is 7.68. The Balaban J connectivity index is 2.69. The Kier molecular flexibility index (Phi) is 3.48. The third kappa shape index (κ3) is 2.45. The van der Waals surface area contributed by atoms with Gasteiger partial charge in [0.15, 0.2) is 0 Å². The lowest BCUT2D eigenvalue weighted by molar-refractivity contribution is 0.592. The van der Waals surface area contributed by atoms with Gasteiger partial charge in [-0.05, 0) is 18.6 Å². The summed E-state index contributed by atoms with van der Waals surface area (Å²) in [5.41, 5.74) is 0.458. The normalized spacial score (nSPS) is 12.9. The van der Waals surface area contributed by atoms with E-state index in [1.807, 2.05) is 6.92 Å². The molecule has 0 saturated carbocycles. The quantitative estimate of drug-likeness (QED) is 0.664. The van der Waals surface area contributed by atoms with Gasteiger partial charge in [0.05, 0.1) is 5.69 Å². The molecule has 0 N–H and O–H groups in total. The van der Waals surface area contributed by atoms with Crippen molar-refractivity contribution in [3.05, 3.63) is 29.8 Å². The highest BCUT2D eigenvalue weighted by molar-refractivity contribution is 6.20. The molecule has 0 aliphatic heterocycles. The van der Waals surface area contributed by atoms with Gasteiger partial charge in [-0.1, -0.05) is 6.92 Å². The van der Waals surface area contributed by atoms with Crippen LogP contribution in [0, 0.1) is 5.82 Å². The van der Waals surface area contributed by atoms with Crippen LogP contribution in [0.4, 0.5) is 4.39 Å². The molecule has 0 spiro atoms. The maximum Gasteiger partial charge on any atom is 0.144 e. The second-order valence-corrected chi connectivity index (χ2v) is 3.26. The van der Waals surface area contributed by atoms with E-state index in [2.05, 4.69) is 4.98 Å². The Bertz CT molecular complexity index is 252. The molecular formula is C9H11ClFN. The molecule has 0 aliphatic rings. The first-order valence-electron chi connectivity index (χ1n) is 3.97. The van der Waals surface area contributed by atoms with E-state index in [-0.39, 0.29) is 11.2 Å². The van der Waals surface area contributed by atoms with Crippen molar-refractivity contribution < 1.29 is 4.39 Å². The molecule has 1 nitrogen and oxygen atoms in total. The lowest BCUT2D eigenvalue weighted by Gasteiger charge is -2.05. The molecule has 1 aromatic rings. The van der Waals surface area contributed by atoms with Crippen LogP contribution >= 0.6 is 11.6 Å². The number of hydrogen-bond acceptors (Lipinski definition) is 1. The molecule has 0 fully saturated rings. The minimum atomic E-state index is -0.267. The summed E-state index contributed by atoms with van der Waals surface area (Å²) >= 11 is 5.87. The second kappa shape index (κ2) is 4.41. The van der Waals surface area contributed by atoms with E-state index in [1.165, 1.54) is 6.07 Å². The van der Waals surface area contributed by atoms with E-state index >= 15 is 0 Å². The van der Waals surface area contributed by atoms with Gasteiger partial charge in [0.1, 0.15) is 5.82 Å². The zero-order valence-electron chi connectivity index (χ0n) is 6.93. The Labute approximate surface area is 76.6 Å². The molecule has 1 atom stereocenters. The maximum atomic E-state index is 13.0. The first-order valence-corrected chi connectivity index (χ1v) is 4.41. The summed E-state index contributed by atoms with van der Waals surface area (Å²) in [5.74, 6) is -0.267. The third-order valence-corrected chi connectivity index (χ3v) is 2.16. The lowest BCUT2D eigenvalue weighted by Crippen LogP contribution is -2.05. The number of rotatable bonds is 3. The minimum absolute atomic E-state index is 0.0191. The molecule has 12 heavy (non-hydrogen) atoms. The molecule has 66 valence electrons. The predicted octanol–water partition coefficient (Wildman–Crippen LogP) is 2.78. The molecule has 0 bridgehead atoms. The van der Waals surface area contributed by atoms with Gasteiger partial charge >= 0.3 is 0 Å². The number of pyridine rings is 1. The van der Waals surface area contributed by atoms with Crippen LogP contribution in [0.1, 0.15) is 19.0 Å². The van der Waals surface area contributed by atoms with E-state index in [0.717, 1.165) is 6.42 Å².